The number of rotatable bonds is 3. The zero-order chi connectivity index (χ0) is 25.1. The Morgan fingerprint density at radius 2 is 1.79 bits per heavy atom. The zero-order valence-corrected chi connectivity index (χ0v) is 19.4. The minimum Gasteiger partial charge on any atom is -0.475 e. The lowest BCUT2D eigenvalue weighted by atomic mass is 9.78. The van der Waals surface area contributed by atoms with E-state index in [4.69, 9.17) is 9.90 Å². The third kappa shape index (κ3) is 6.05. The van der Waals surface area contributed by atoms with Gasteiger partial charge in [-0.05, 0) is 58.2 Å². The van der Waals surface area contributed by atoms with Crippen LogP contribution in [0, 0.1) is 11.3 Å². The molecule has 2 amide bonds. The summed E-state index contributed by atoms with van der Waals surface area (Å²) in [7, 11) is 3.92. The quantitative estimate of drug-likeness (QED) is 0.682. The number of aryl methyl sites for hydroxylation is 1. The van der Waals surface area contributed by atoms with Gasteiger partial charge in [0.2, 0.25) is 11.7 Å². The number of hydrogen-bond donors (Lipinski definition) is 1. The highest BCUT2D eigenvalue weighted by atomic mass is 19.4. The molecule has 10 nitrogen and oxygen atoms in total. The van der Waals surface area contributed by atoms with Crippen molar-refractivity contribution >= 4 is 17.8 Å². The molecular weight excluding hydrogens is 457 g/mol. The summed E-state index contributed by atoms with van der Waals surface area (Å²) in [4.78, 5) is 45.2. The Hall–Kier alpha value is -2.70. The zero-order valence-electron chi connectivity index (χ0n) is 19.4. The van der Waals surface area contributed by atoms with Crippen LogP contribution >= 0.6 is 0 Å². The number of carboxylic acid groups (broad SMARTS) is 1. The minimum atomic E-state index is -5.08. The van der Waals surface area contributed by atoms with Crippen LogP contribution in [0.2, 0.25) is 0 Å². The highest BCUT2D eigenvalue weighted by Crippen LogP contribution is 2.41. The number of carbonyl (C=O) groups excluding carboxylic acids is 2. The average molecular weight is 489 g/mol. The molecule has 3 aliphatic rings. The van der Waals surface area contributed by atoms with Crippen LogP contribution in [0.25, 0.3) is 0 Å². The Kier molecular flexibility index (Phi) is 7.84. The monoisotopic (exact) mass is 488 g/mol. The molecule has 1 aromatic heterocycles. The van der Waals surface area contributed by atoms with Crippen molar-refractivity contribution < 1.29 is 32.7 Å². The maximum absolute atomic E-state index is 13.3. The second kappa shape index (κ2) is 10.3. The lowest BCUT2D eigenvalue weighted by molar-refractivity contribution is -0.192. The molecule has 3 saturated heterocycles. The molecule has 1 unspecified atom stereocenters. The third-order valence-electron chi connectivity index (χ3n) is 6.82. The van der Waals surface area contributed by atoms with Crippen molar-refractivity contribution in [2.75, 3.05) is 46.3 Å². The van der Waals surface area contributed by atoms with Gasteiger partial charge in [-0.15, -0.1) is 5.10 Å². The van der Waals surface area contributed by atoms with Gasteiger partial charge in [0.15, 0.2) is 0 Å². The Bertz CT molecular complexity index is 899. The number of piperidine rings is 2. The standard InChI is InChI=1S/C19H30N6O2.C2HF3O2/c1-22-9-4-15(5-10-22)12-24-11-7-19(18(24)27)6-3-8-25(13-19)17(26)16-20-14-23(2)21-16;3-2(4,5)1(6)7/h14-15H,3-13H2,1-2H3;(H,6,7). The van der Waals surface area contributed by atoms with E-state index in [0.717, 1.165) is 45.4 Å². The predicted octanol–water partition coefficient (Wildman–Crippen LogP) is 1.24. The summed E-state index contributed by atoms with van der Waals surface area (Å²) in [6, 6.07) is 0. The van der Waals surface area contributed by atoms with E-state index >= 15 is 0 Å². The summed E-state index contributed by atoms with van der Waals surface area (Å²) in [5, 5.41) is 11.3. The molecule has 0 bridgehead atoms. The van der Waals surface area contributed by atoms with E-state index < -0.39 is 17.6 Å². The predicted molar refractivity (Wildman–Crippen MR) is 114 cm³/mol. The van der Waals surface area contributed by atoms with Crippen LogP contribution in [0.15, 0.2) is 6.33 Å². The average Bonchev–Trinajstić information content (AvgIpc) is 3.34. The summed E-state index contributed by atoms with van der Waals surface area (Å²) in [5.74, 6) is -1.82. The lowest BCUT2D eigenvalue weighted by Gasteiger charge is -2.39. The van der Waals surface area contributed by atoms with Gasteiger partial charge < -0.3 is 19.8 Å². The number of alkyl halides is 3. The molecule has 4 rings (SSSR count). The number of nitrogens with zero attached hydrogens (tertiary/aromatic N) is 6. The number of carboxylic acids is 1. The van der Waals surface area contributed by atoms with Crippen molar-refractivity contribution in [1.29, 1.82) is 0 Å². The molecule has 0 aromatic carbocycles. The molecule has 34 heavy (non-hydrogen) atoms. The minimum absolute atomic E-state index is 0.156. The first-order chi connectivity index (χ1) is 15.9. The van der Waals surface area contributed by atoms with Crippen molar-refractivity contribution in [1.82, 2.24) is 29.5 Å². The topological polar surface area (TPSA) is 112 Å². The fraction of sp³-hybridized carbons (Fsp3) is 0.762. The molecule has 13 heteroatoms. The van der Waals surface area contributed by atoms with Crippen LogP contribution in [-0.2, 0) is 16.6 Å². The highest BCUT2D eigenvalue weighted by Gasteiger charge is 2.50. The van der Waals surface area contributed by atoms with Crippen LogP contribution in [0.4, 0.5) is 13.2 Å². The van der Waals surface area contributed by atoms with Gasteiger partial charge >= 0.3 is 12.1 Å². The van der Waals surface area contributed by atoms with Gasteiger partial charge in [0.25, 0.3) is 5.91 Å². The number of hydrogen-bond acceptors (Lipinski definition) is 6. The van der Waals surface area contributed by atoms with Crippen molar-refractivity contribution in [3.63, 3.8) is 0 Å². The smallest absolute Gasteiger partial charge is 0.475 e. The maximum Gasteiger partial charge on any atom is 0.490 e. The Morgan fingerprint density at radius 3 is 2.35 bits per heavy atom. The Labute approximate surface area is 195 Å². The van der Waals surface area contributed by atoms with Crippen molar-refractivity contribution in [2.24, 2.45) is 18.4 Å². The normalized spacial score (nSPS) is 24.3. The van der Waals surface area contributed by atoms with E-state index in [1.54, 1.807) is 11.9 Å². The molecule has 190 valence electrons. The molecule has 1 aromatic rings. The van der Waals surface area contributed by atoms with Crippen LogP contribution < -0.4 is 0 Å². The Balaban J connectivity index is 0.000000406. The van der Waals surface area contributed by atoms with Gasteiger partial charge in [-0.1, -0.05) is 0 Å². The fourth-order valence-corrected chi connectivity index (χ4v) is 4.89. The first-order valence-corrected chi connectivity index (χ1v) is 11.3. The van der Waals surface area contributed by atoms with Crippen LogP contribution in [0.3, 0.4) is 0 Å². The number of aromatic nitrogens is 3. The number of amides is 2. The van der Waals surface area contributed by atoms with Crippen molar-refractivity contribution in [3.8, 4) is 0 Å². The van der Waals surface area contributed by atoms with Gasteiger partial charge in [0.1, 0.15) is 6.33 Å². The van der Waals surface area contributed by atoms with E-state index in [1.165, 1.54) is 23.9 Å². The molecular formula is C21H31F3N6O4. The summed E-state index contributed by atoms with van der Waals surface area (Å²) in [6.07, 6.45) is 1.41. The Morgan fingerprint density at radius 1 is 1.15 bits per heavy atom. The number of carbonyl (C=O) groups is 3. The molecule has 0 aliphatic carbocycles. The highest BCUT2D eigenvalue weighted by molar-refractivity contribution is 5.92. The van der Waals surface area contributed by atoms with E-state index in [0.29, 0.717) is 19.0 Å². The van der Waals surface area contributed by atoms with Gasteiger partial charge in [-0.25, -0.2) is 9.78 Å². The molecule has 3 aliphatic heterocycles. The summed E-state index contributed by atoms with van der Waals surface area (Å²) in [6.45, 7) is 5.14. The van der Waals surface area contributed by atoms with E-state index in [-0.39, 0.29) is 17.6 Å². The number of aliphatic carboxylic acids is 1. The fourth-order valence-electron chi connectivity index (χ4n) is 4.89. The largest absolute Gasteiger partial charge is 0.490 e. The molecule has 3 fully saturated rings. The first kappa shape index (κ1) is 25.9. The second-order valence-electron chi connectivity index (χ2n) is 9.40. The molecule has 4 heterocycles. The van der Waals surface area contributed by atoms with E-state index in [1.807, 2.05) is 0 Å². The molecule has 1 atom stereocenters. The first-order valence-electron chi connectivity index (χ1n) is 11.3. The van der Waals surface area contributed by atoms with Gasteiger partial charge in [0.05, 0.1) is 5.41 Å². The maximum atomic E-state index is 13.3. The van der Waals surface area contributed by atoms with Crippen molar-refractivity contribution in [3.05, 3.63) is 12.2 Å². The SMILES string of the molecule is CN1CCC(CN2CCC3(CCCN(C(=O)c4ncn(C)n4)C3)C2=O)CC1.O=C(O)C(F)(F)F. The summed E-state index contributed by atoms with van der Waals surface area (Å²) < 4.78 is 33.3. The molecule has 1 N–H and O–H groups in total. The second-order valence-corrected chi connectivity index (χ2v) is 9.40. The van der Waals surface area contributed by atoms with Crippen molar-refractivity contribution in [2.45, 2.75) is 38.3 Å². The van der Waals surface area contributed by atoms with Crippen LogP contribution in [-0.4, -0.2) is 105 Å². The molecule has 0 radical (unpaired) electrons. The van der Waals surface area contributed by atoms with Gasteiger partial charge in [0, 0.05) is 33.2 Å². The number of halogens is 3. The lowest BCUT2D eigenvalue weighted by Crippen LogP contribution is -2.50. The van der Waals surface area contributed by atoms with Crippen LogP contribution in [0.1, 0.15) is 42.7 Å². The van der Waals surface area contributed by atoms with E-state index in [9.17, 15) is 22.8 Å². The third-order valence-corrected chi connectivity index (χ3v) is 6.82. The van der Waals surface area contributed by atoms with Gasteiger partial charge in [-0.3, -0.25) is 14.3 Å². The van der Waals surface area contributed by atoms with Gasteiger partial charge in [-0.2, -0.15) is 13.2 Å². The van der Waals surface area contributed by atoms with E-state index in [2.05, 4.69) is 26.9 Å². The summed E-state index contributed by atoms with van der Waals surface area (Å²) in [5.41, 5.74) is -0.395. The summed E-state index contributed by atoms with van der Waals surface area (Å²) >= 11 is 0. The number of likely N-dealkylation sites (tertiary alicyclic amines) is 3. The van der Waals surface area contributed by atoms with Crippen LogP contribution in [0.5, 0.6) is 0 Å². The molecule has 1 spiro atoms. The molecule has 0 saturated carbocycles.